The van der Waals surface area contributed by atoms with Gasteiger partial charge in [0.25, 0.3) is 0 Å². The van der Waals surface area contributed by atoms with Crippen LogP contribution in [0.5, 0.6) is 0 Å². The van der Waals surface area contributed by atoms with E-state index >= 15 is 0 Å². The van der Waals surface area contributed by atoms with Crippen molar-refractivity contribution in [3.63, 3.8) is 0 Å². The van der Waals surface area contributed by atoms with Crippen molar-refractivity contribution in [1.82, 2.24) is 21.3 Å². The first kappa shape index (κ1) is 30.4. The molecule has 0 aromatic rings. The largest absolute Gasteiger partial charge is 0.352 e. The molecule has 0 radical (unpaired) electrons. The van der Waals surface area contributed by atoms with Crippen LogP contribution in [0.1, 0.15) is 85.0 Å². The molecule has 6 N–H and O–H groups in total. The van der Waals surface area contributed by atoms with Crippen LogP contribution in [-0.4, -0.2) is 49.3 Å². The third kappa shape index (κ3) is 15.7. The summed E-state index contributed by atoms with van der Waals surface area (Å²) in [5, 5.41) is 9.93. The SMILES string of the molecule is CCCCCCC(=O)N[C@H](C(=O)C[C@@H](CCCNC(N)=O)CCC(=O)NC(=O)NC)C(C)C. The summed E-state index contributed by atoms with van der Waals surface area (Å²) >= 11 is 0. The smallest absolute Gasteiger partial charge is 0.321 e. The minimum absolute atomic E-state index is 0.0641. The molecule has 2 atom stereocenters. The molecule has 0 saturated carbocycles. The van der Waals surface area contributed by atoms with E-state index in [1.54, 1.807) is 0 Å². The highest BCUT2D eigenvalue weighted by Gasteiger charge is 2.26. The zero-order valence-electron chi connectivity index (χ0n) is 20.6. The number of amides is 6. The van der Waals surface area contributed by atoms with Gasteiger partial charge in [-0.2, -0.15) is 0 Å². The molecule has 6 amide bonds. The van der Waals surface area contributed by atoms with Crippen LogP contribution >= 0.6 is 0 Å². The summed E-state index contributed by atoms with van der Waals surface area (Å²) in [7, 11) is 1.42. The van der Waals surface area contributed by atoms with E-state index in [2.05, 4.69) is 28.2 Å². The van der Waals surface area contributed by atoms with Crippen LogP contribution in [0.3, 0.4) is 0 Å². The highest BCUT2D eigenvalue weighted by atomic mass is 16.2. The van der Waals surface area contributed by atoms with Crippen LogP contribution in [0, 0.1) is 11.8 Å². The Morgan fingerprint density at radius 1 is 0.879 bits per heavy atom. The zero-order chi connectivity index (χ0) is 25.2. The Bertz CT molecular complexity index is 639. The lowest BCUT2D eigenvalue weighted by Crippen LogP contribution is -2.45. The number of rotatable bonds is 17. The average Bonchev–Trinajstić information content (AvgIpc) is 2.75. The van der Waals surface area contributed by atoms with Gasteiger partial charge in [0.05, 0.1) is 6.04 Å². The standard InChI is InChI=1S/C23H43N5O5/c1-5-6-7-8-11-19(30)27-21(16(2)3)18(29)15-17(10-9-14-26-22(24)32)12-13-20(31)28-23(33)25-4/h16-17,21H,5-15H2,1-4H3,(H,27,30)(H3,24,26,32)(H2,25,28,31,33)/t17-,21-/m0/s1. The van der Waals surface area contributed by atoms with E-state index in [4.69, 9.17) is 5.73 Å². The molecule has 0 unspecified atom stereocenters. The van der Waals surface area contributed by atoms with E-state index in [0.717, 1.165) is 25.7 Å². The van der Waals surface area contributed by atoms with Gasteiger partial charge in [-0.05, 0) is 37.5 Å². The highest BCUT2D eigenvalue weighted by molar-refractivity contribution is 5.94. The van der Waals surface area contributed by atoms with Crippen molar-refractivity contribution >= 4 is 29.7 Å². The van der Waals surface area contributed by atoms with Crippen molar-refractivity contribution in [1.29, 1.82) is 0 Å². The van der Waals surface area contributed by atoms with Crippen molar-refractivity contribution in [3.05, 3.63) is 0 Å². The molecule has 0 aromatic carbocycles. The van der Waals surface area contributed by atoms with Crippen molar-refractivity contribution < 1.29 is 24.0 Å². The Morgan fingerprint density at radius 3 is 2.15 bits per heavy atom. The normalized spacial score (nSPS) is 12.5. The lowest BCUT2D eigenvalue weighted by Gasteiger charge is -2.24. The summed E-state index contributed by atoms with van der Waals surface area (Å²) in [6, 6.07) is -1.79. The second-order valence-corrected chi connectivity index (χ2v) is 8.74. The number of primary amides is 1. The summed E-state index contributed by atoms with van der Waals surface area (Å²) in [5.41, 5.74) is 5.08. The number of hydrogen-bond donors (Lipinski definition) is 5. The van der Waals surface area contributed by atoms with Crippen LogP contribution in [0.15, 0.2) is 0 Å². The van der Waals surface area contributed by atoms with Crippen LogP contribution in [0.4, 0.5) is 9.59 Å². The van der Waals surface area contributed by atoms with Crippen LogP contribution in [-0.2, 0) is 14.4 Å². The quantitative estimate of drug-likeness (QED) is 0.206. The van der Waals surface area contributed by atoms with E-state index in [0.29, 0.717) is 32.2 Å². The van der Waals surface area contributed by atoms with Gasteiger partial charge in [0.2, 0.25) is 11.8 Å². The second-order valence-electron chi connectivity index (χ2n) is 8.74. The minimum Gasteiger partial charge on any atom is -0.352 e. The Kier molecular flexibility index (Phi) is 16.4. The summed E-state index contributed by atoms with van der Waals surface area (Å²) in [4.78, 5) is 59.5. The number of carbonyl (C=O) groups is 5. The minimum atomic E-state index is -0.617. The number of unbranched alkanes of at least 4 members (excludes halogenated alkanes) is 3. The number of urea groups is 2. The Balaban J connectivity index is 4.94. The fourth-order valence-corrected chi connectivity index (χ4v) is 3.53. The molecule has 0 aliphatic rings. The molecule has 0 aromatic heterocycles. The van der Waals surface area contributed by atoms with Gasteiger partial charge in [-0.25, -0.2) is 9.59 Å². The Morgan fingerprint density at radius 2 is 1.58 bits per heavy atom. The van der Waals surface area contributed by atoms with Crippen molar-refractivity contribution in [2.24, 2.45) is 17.6 Å². The maximum Gasteiger partial charge on any atom is 0.321 e. The molecule has 0 aliphatic heterocycles. The second kappa shape index (κ2) is 17.9. The molecule has 0 rings (SSSR count). The van der Waals surface area contributed by atoms with Crippen molar-refractivity contribution in [2.45, 2.75) is 91.0 Å². The first-order chi connectivity index (χ1) is 15.6. The van der Waals surface area contributed by atoms with E-state index in [1.165, 1.54) is 7.05 Å². The highest BCUT2D eigenvalue weighted by Crippen LogP contribution is 2.21. The fourth-order valence-electron chi connectivity index (χ4n) is 3.53. The lowest BCUT2D eigenvalue weighted by molar-refractivity contribution is -0.129. The van der Waals surface area contributed by atoms with Gasteiger partial charge in [-0.1, -0.05) is 40.0 Å². The number of imide groups is 1. The maximum absolute atomic E-state index is 13.0. The van der Waals surface area contributed by atoms with Gasteiger partial charge < -0.3 is 21.7 Å². The number of hydrogen-bond acceptors (Lipinski definition) is 5. The molecule has 10 heteroatoms. The molecule has 0 heterocycles. The van der Waals surface area contributed by atoms with Crippen LogP contribution in [0.2, 0.25) is 0 Å². The molecule has 0 aliphatic carbocycles. The summed E-state index contributed by atoms with van der Waals surface area (Å²) < 4.78 is 0. The third-order valence-corrected chi connectivity index (χ3v) is 5.43. The van der Waals surface area contributed by atoms with Crippen molar-refractivity contribution in [2.75, 3.05) is 13.6 Å². The van der Waals surface area contributed by atoms with Gasteiger partial charge in [0.1, 0.15) is 0 Å². The fraction of sp³-hybridized carbons (Fsp3) is 0.783. The number of carbonyl (C=O) groups excluding carboxylic acids is 5. The molecule has 33 heavy (non-hydrogen) atoms. The Hall–Kier alpha value is -2.65. The van der Waals surface area contributed by atoms with Gasteiger partial charge in [-0.15, -0.1) is 0 Å². The van der Waals surface area contributed by atoms with E-state index in [-0.39, 0.29) is 36.4 Å². The van der Waals surface area contributed by atoms with Gasteiger partial charge in [-0.3, -0.25) is 19.7 Å². The number of ketones is 1. The summed E-state index contributed by atoms with van der Waals surface area (Å²) in [5.74, 6) is -0.823. The van der Waals surface area contributed by atoms with E-state index in [1.807, 2.05) is 13.8 Å². The molecule has 0 bridgehead atoms. The van der Waals surface area contributed by atoms with Crippen molar-refractivity contribution in [3.8, 4) is 0 Å². The van der Waals surface area contributed by atoms with Gasteiger partial charge in [0, 0.05) is 32.9 Å². The molecule has 190 valence electrons. The molecule has 10 nitrogen and oxygen atoms in total. The third-order valence-electron chi connectivity index (χ3n) is 5.43. The first-order valence-electron chi connectivity index (χ1n) is 12.0. The predicted molar refractivity (Wildman–Crippen MR) is 127 cm³/mol. The van der Waals surface area contributed by atoms with Gasteiger partial charge >= 0.3 is 12.1 Å². The van der Waals surface area contributed by atoms with Crippen LogP contribution < -0.4 is 27.0 Å². The summed E-state index contributed by atoms with van der Waals surface area (Å²) in [6.45, 7) is 6.26. The molecular weight excluding hydrogens is 426 g/mol. The number of Topliss-reactive ketones (excluding diaryl/α,β-unsaturated/α-hetero) is 1. The predicted octanol–water partition coefficient (Wildman–Crippen LogP) is 2.36. The molecule has 0 spiro atoms. The molecular formula is C23H43N5O5. The summed E-state index contributed by atoms with van der Waals surface area (Å²) in [6.07, 6.45) is 6.24. The lowest BCUT2D eigenvalue weighted by atomic mass is 9.87. The van der Waals surface area contributed by atoms with E-state index < -0.39 is 24.0 Å². The Labute approximate surface area is 197 Å². The topological polar surface area (TPSA) is 159 Å². The van der Waals surface area contributed by atoms with Crippen LogP contribution in [0.25, 0.3) is 0 Å². The number of nitrogens with one attached hydrogen (secondary N) is 4. The monoisotopic (exact) mass is 469 g/mol. The zero-order valence-corrected chi connectivity index (χ0v) is 20.6. The van der Waals surface area contributed by atoms with Gasteiger partial charge in [0.15, 0.2) is 5.78 Å². The first-order valence-corrected chi connectivity index (χ1v) is 12.0. The average molecular weight is 470 g/mol. The number of nitrogens with two attached hydrogens (primary N) is 1. The van der Waals surface area contributed by atoms with E-state index in [9.17, 15) is 24.0 Å². The maximum atomic E-state index is 13.0. The molecule has 0 saturated heterocycles. The molecule has 0 fully saturated rings.